The molecule has 0 saturated carbocycles. The summed E-state index contributed by atoms with van der Waals surface area (Å²) in [5.74, 6) is 2.47. The number of fused-ring (bicyclic) bond motifs is 1. The molecule has 0 saturated heterocycles. The van der Waals surface area contributed by atoms with E-state index < -0.39 is 0 Å². The van der Waals surface area contributed by atoms with Crippen molar-refractivity contribution in [3.05, 3.63) is 95.7 Å². The number of pyridine rings is 1. The Balaban J connectivity index is 1.42. The Labute approximate surface area is 200 Å². The maximum atomic E-state index is 5.50. The molecule has 0 amide bonds. The van der Waals surface area contributed by atoms with Crippen molar-refractivity contribution in [1.82, 2.24) is 15.0 Å². The molecule has 1 N–H and O–H groups in total. The van der Waals surface area contributed by atoms with Crippen LogP contribution in [0.5, 0.6) is 0 Å². The Morgan fingerprint density at radius 3 is 2.56 bits per heavy atom. The Morgan fingerprint density at radius 1 is 0.971 bits per heavy atom. The first-order valence-corrected chi connectivity index (χ1v) is 11.8. The summed E-state index contributed by atoms with van der Waals surface area (Å²) in [5.41, 5.74) is 5.69. The minimum Gasteiger partial charge on any atom is -0.380 e. The SMILES string of the molecule is COCc1cc2c(nc1-c1ccccc1)N(c1ccnc(NCCc3ccccc3)n1)CCC2. The molecule has 0 radical (unpaired) electrons. The molecule has 6 heteroatoms. The number of methoxy groups -OCH3 is 1. The zero-order valence-electron chi connectivity index (χ0n) is 19.4. The quantitative estimate of drug-likeness (QED) is 0.386. The lowest BCUT2D eigenvalue weighted by Gasteiger charge is -2.30. The van der Waals surface area contributed by atoms with Gasteiger partial charge < -0.3 is 15.0 Å². The second-order valence-electron chi connectivity index (χ2n) is 8.43. The number of aromatic nitrogens is 3. The summed E-state index contributed by atoms with van der Waals surface area (Å²) in [6.45, 7) is 2.19. The summed E-state index contributed by atoms with van der Waals surface area (Å²) in [4.78, 5) is 16.6. The molecule has 0 unspecified atom stereocenters. The van der Waals surface area contributed by atoms with Crippen molar-refractivity contribution in [3.8, 4) is 11.3 Å². The van der Waals surface area contributed by atoms with Crippen molar-refractivity contribution >= 4 is 17.6 Å². The number of anilines is 3. The molecule has 0 aliphatic carbocycles. The van der Waals surface area contributed by atoms with E-state index in [2.05, 4.69) is 57.7 Å². The van der Waals surface area contributed by atoms with Crippen LogP contribution in [0.2, 0.25) is 0 Å². The highest BCUT2D eigenvalue weighted by molar-refractivity contribution is 5.70. The van der Waals surface area contributed by atoms with E-state index >= 15 is 0 Å². The molecule has 3 heterocycles. The minimum atomic E-state index is 0.535. The third-order valence-electron chi connectivity index (χ3n) is 6.05. The first-order chi connectivity index (χ1) is 16.8. The summed E-state index contributed by atoms with van der Waals surface area (Å²) in [6.07, 6.45) is 4.79. The zero-order chi connectivity index (χ0) is 23.2. The minimum absolute atomic E-state index is 0.535. The van der Waals surface area contributed by atoms with E-state index in [1.165, 1.54) is 11.1 Å². The monoisotopic (exact) mass is 451 g/mol. The van der Waals surface area contributed by atoms with Gasteiger partial charge in [-0.2, -0.15) is 4.98 Å². The standard InChI is InChI=1S/C28H29N5O/c1-34-20-24-19-23-13-8-18-33(27(23)32-26(24)22-11-6-3-7-12-22)25-15-17-30-28(31-25)29-16-14-21-9-4-2-5-10-21/h2-7,9-12,15,17,19H,8,13-14,16,18,20H2,1H3,(H,29,30,31). The van der Waals surface area contributed by atoms with E-state index in [9.17, 15) is 0 Å². The number of nitrogens with zero attached hydrogens (tertiary/aromatic N) is 4. The Kier molecular flexibility index (Phi) is 6.77. The van der Waals surface area contributed by atoms with Crippen molar-refractivity contribution in [3.63, 3.8) is 0 Å². The number of benzene rings is 2. The molecule has 2 aromatic heterocycles. The topological polar surface area (TPSA) is 63.2 Å². The van der Waals surface area contributed by atoms with E-state index in [0.717, 1.165) is 60.8 Å². The van der Waals surface area contributed by atoms with Gasteiger partial charge in [0.15, 0.2) is 0 Å². The van der Waals surface area contributed by atoms with Crippen LogP contribution < -0.4 is 10.2 Å². The molecule has 0 atom stereocenters. The molecule has 1 aliphatic heterocycles. The highest BCUT2D eigenvalue weighted by atomic mass is 16.5. The van der Waals surface area contributed by atoms with Crippen LogP contribution in [0.3, 0.4) is 0 Å². The normalized spacial score (nSPS) is 12.9. The number of hydrogen-bond donors (Lipinski definition) is 1. The highest BCUT2D eigenvalue weighted by Crippen LogP contribution is 2.35. The molecule has 4 aromatic rings. The fraction of sp³-hybridized carbons (Fsp3) is 0.250. The highest BCUT2D eigenvalue weighted by Gasteiger charge is 2.24. The van der Waals surface area contributed by atoms with Crippen molar-refractivity contribution in [2.24, 2.45) is 0 Å². The largest absolute Gasteiger partial charge is 0.380 e. The molecular formula is C28H29N5O. The Morgan fingerprint density at radius 2 is 1.76 bits per heavy atom. The van der Waals surface area contributed by atoms with Crippen LogP contribution in [0.1, 0.15) is 23.1 Å². The van der Waals surface area contributed by atoms with Crippen LogP contribution in [-0.2, 0) is 24.2 Å². The van der Waals surface area contributed by atoms with E-state index in [-0.39, 0.29) is 0 Å². The van der Waals surface area contributed by atoms with Gasteiger partial charge in [0.05, 0.1) is 12.3 Å². The molecule has 0 bridgehead atoms. The fourth-order valence-corrected chi connectivity index (χ4v) is 4.43. The van der Waals surface area contributed by atoms with Gasteiger partial charge in [0.1, 0.15) is 11.6 Å². The lowest BCUT2D eigenvalue weighted by atomic mass is 9.99. The summed E-state index contributed by atoms with van der Waals surface area (Å²) >= 11 is 0. The molecule has 172 valence electrons. The summed E-state index contributed by atoms with van der Waals surface area (Å²) in [6, 6.07) is 25.0. The van der Waals surface area contributed by atoms with Gasteiger partial charge in [-0.3, -0.25) is 0 Å². The van der Waals surface area contributed by atoms with Gasteiger partial charge in [-0.1, -0.05) is 60.7 Å². The lowest BCUT2D eigenvalue weighted by molar-refractivity contribution is 0.185. The van der Waals surface area contributed by atoms with E-state index in [0.29, 0.717) is 12.6 Å². The van der Waals surface area contributed by atoms with E-state index in [4.69, 9.17) is 14.7 Å². The average Bonchev–Trinajstić information content (AvgIpc) is 2.89. The smallest absolute Gasteiger partial charge is 0.224 e. The molecule has 5 rings (SSSR count). The van der Waals surface area contributed by atoms with Gasteiger partial charge in [-0.25, -0.2) is 9.97 Å². The summed E-state index contributed by atoms with van der Waals surface area (Å²) < 4.78 is 5.50. The molecular weight excluding hydrogens is 422 g/mol. The van der Waals surface area contributed by atoms with Gasteiger partial charge >= 0.3 is 0 Å². The maximum absolute atomic E-state index is 5.50. The van der Waals surface area contributed by atoms with Crippen molar-refractivity contribution in [2.45, 2.75) is 25.9 Å². The van der Waals surface area contributed by atoms with Gasteiger partial charge in [0.25, 0.3) is 0 Å². The van der Waals surface area contributed by atoms with Gasteiger partial charge in [0.2, 0.25) is 5.95 Å². The van der Waals surface area contributed by atoms with E-state index in [1.54, 1.807) is 7.11 Å². The average molecular weight is 452 g/mol. The molecule has 34 heavy (non-hydrogen) atoms. The van der Waals surface area contributed by atoms with Crippen LogP contribution in [0.4, 0.5) is 17.6 Å². The fourth-order valence-electron chi connectivity index (χ4n) is 4.43. The van der Waals surface area contributed by atoms with Crippen LogP contribution in [-0.4, -0.2) is 35.2 Å². The second-order valence-corrected chi connectivity index (χ2v) is 8.43. The lowest BCUT2D eigenvalue weighted by Crippen LogP contribution is -2.27. The molecule has 0 spiro atoms. The second kappa shape index (κ2) is 10.4. The number of aryl methyl sites for hydroxylation is 1. The predicted octanol–water partition coefficient (Wildman–Crippen LogP) is 5.42. The maximum Gasteiger partial charge on any atom is 0.224 e. The third kappa shape index (κ3) is 4.92. The number of hydrogen-bond acceptors (Lipinski definition) is 6. The van der Waals surface area contributed by atoms with Gasteiger partial charge in [0, 0.05) is 37.5 Å². The third-order valence-corrected chi connectivity index (χ3v) is 6.05. The Bertz CT molecular complexity index is 1230. The molecule has 2 aromatic carbocycles. The van der Waals surface area contributed by atoms with Crippen molar-refractivity contribution < 1.29 is 4.74 Å². The van der Waals surface area contributed by atoms with Gasteiger partial charge in [-0.05, 0) is 42.5 Å². The molecule has 6 nitrogen and oxygen atoms in total. The first-order valence-electron chi connectivity index (χ1n) is 11.8. The number of rotatable bonds is 8. The first kappa shape index (κ1) is 22.0. The Hall–Kier alpha value is -3.77. The molecule has 1 aliphatic rings. The number of nitrogens with one attached hydrogen (secondary N) is 1. The van der Waals surface area contributed by atoms with E-state index in [1.807, 2.05) is 36.5 Å². The number of ether oxygens (including phenoxy) is 1. The van der Waals surface area contributed by atoms with Crippen LogP contribution >= 0.6 is 0 Å². The van der Waals surface area contributed by atoms with Gasteiger partial charge in [-0.15, -0.1) is 0 Å². The summed E-state index contributed by atoms with van der Waals surface area (Å²) in [7, 11) is 1.73. The summed E-state index contributed by atoms with van der Waals surface area (Å²) in [5, 5.41) is 3.37. The van der Waals surface area contributed by atoms with Crippen molar-refractivity contribution in [2.75, 3.05) is 30.4 Å². The van der Waals surface area contributed by atoms with Crippen LogP contribution in [0.25, 0.3) is 11.3 Å². The van der Waals surface area contributed by atoms with Crippen LogP contribution in [0, 0.1) is 0 Å². The predicted molar refractivity (Wildman–Crippen MR) is 136 cm³/mol. The zero-order valence-corrected chi connectivity index (χ0v) is 19.4. The van der Waals surface area contributed by atoms with Crippen LogP contribution in [0.15, 0.2) is 79.0 Å². The van der Waals surface area contributed by atoms with Crippen molar-refractivity contribution in [1.29, 1.82) is 0 Å². The molecule has 0 fully saturated rings.